The van der Waals surface area contributed by atoms with Gasteiger partial charge in [0.1, 0.15) is 5.69 Å². The molecule has 1 heterocycles. The molecule has 0 saturated carbocycles. The van der Waals surface area contributed by atoms with Gasteiger partial charge in [-0.15, -0.1) is 0 Å². The van der Waals surface area contributed by atoms with Gasteiger partial charge in [0.25, 0.3) is 0 Å². The molecule has 1 aromatic carbocycles. The van der Waals surface area contributed by atoms with Crippen LogP contribution in [-0.2, 0) is 12.8 Å². The number of carbonyl (C=O) groups is 1. The van der Waals surface area contributed by atoms with Crippen molar-refractivity contribution in [1.82, 2.24) is 4.98 Å². The lowest BCUT2D eigenvalue weighted by Crippen LogP contribution is -2.06. The number of aromatic nitrogens is 1. The zero-order valence-corrected chi connectivity index (χ0v) is 9.73. The number of hydrogen-bond acceptors (Lipinski definition) is 2. The maximum absolute atomic E-state index is 12.4. The highest BCUT2D eigenvalue weighted by atomic mass is 16.1. The summed E-state index contributed by atoms with van der Waals surface area (Å²) in [6, 6.07) is 9.92. The lowest BCUT2D eigenvalue weighted by Gasteiger charge is -2.05. The molecule has 0 N–H and O–H groups in total. The molecule has 0 amide bonds. The molecule has 2 heteroatoms. The highest BCUT2D eigenvalue weighted by Crippen LogP contribution is 2.23. The maximum atomic E-state index is 12.4. The molecule has 0 fully saturated rings. The van der Waals surface area contributed by atoms with Crippen LogP contribution in [0.3, 0.4) is 0 Å². The standard InChI is InChI=1S/C15H13NO/c1-10-4-7-13-12(9-10)6-5-11-3-2-8-16-14(11)15(13)17/h2-4,7-9H,5-6H2,1H3. The van der Waals surface area contributed by atoms with Crippen molar-refractivity contribution in [2.24, 2.45) is 0 Å². The van der Waals surface area contributed by atoms with Gasteiger partial charge in [0.2, 0.25) is 5.78 Å². The summed E-state index contributed by atoms with van der Waals surface area (Å²) in [6.45, 7) is 2.06. The largest absolute Gasteiger partial charge is 0.287 e. The van der Waals surface area contributed by atoms with Crippen LogP contribution >= 0.6 is 0 Å². The summed E-state index contributed by atoms with van der Waals surface area (Å²) >= 11 is 0. The molecule has 0 unspecified atom stereocenters. The molecule has 0 aliphatic heterocycles. The van der Waals surface area contributed by atoms with Gasteiger partial charge < -0.3 is 0 Å². The van der Waals surface area contributed by atoms with E-state index >= 15 is 0 Å². The molecule has 3 rings (SSSR count). The normalized spacial score (nSPS) is 13.8. The molecule has 1 aromatic heterocycles. The van der Waals surface area contributed by atoms with Crippen molar-refractivity contribution in [3.63, 3.8) is 0 Å². The first kappa shape index (κ1) is 10.2. The van der Waals surface area contributed by atoms with E-state index in [0.29, 0.717) is 5.69 Å². The monoisotopic (exact) mass is 223 g/mol. The van der Waals surface area contributed by atoms with Crippen molar-refractivity contribution < 1.29 is 4.79 Å². The predicted octanol–water partition coefficient (Wildman–Crippen LogP) is 2.72. The number of benzene rings is 1. The van der Waals surface area contributed by atoms with Crippen molar-refractivity contribution in [2.75, 3.05) is 0 Å². The van der Waals surface area contributed by atoms with Crippen molar-refractivity contribution in [3.05, 3.63) is 64.5 Å². The Bertz CT molecular complexity index is 602. The number of hydrogen-bond donors (Lipinski definition) is 0. The van der Waals surface area contributed by atoms with Crippen LogP contribution in [0, 0.1) is 6.92 Å². The number of fused-ring (bicyclic) bond motifs is 2. The summed E-state index contributed by atoms with van der Waals surface area (Å²) in [5.41, 5.74) is 4.85. The van der Waals surface area contributed by atoms with Crippen LogP contribution in [0.1, 0.15) is 32.7 Å². The van der Waals surface area contributed by atoms with Crippen LogP contribution in [0.2, 0.25) is 0 Å². The van der Waals surface area contributed by atoms with Gasteiger partial charge >= 0.3 is 0 Å². The van der Waals surface area contributed by atoms with E-state index in [1.807, 2.05) is 24.3 Å². The van der Waals surface area contributed by atoms with Crippen molar-refractivity contribution in [2.45, 2.75) is 19.8 Å². The molecule has 0 radical (unpaired) electrons. The first-order valence-corrected chi connectivity index (χ1v) is 5.84. The number of ketones is 1. The molecule has 1 aliphatic rings. The SMILES string of the molecule is Cc1ccc2c(c1)CCc1cccnc1C2=O. The number of rotatable bonds is 0. The average Bonchev–Trinajstić information content (AvgIpc) is 2.48. The summed E-state index contributed by atoms with van der Waals surface area (Å²) < 4.78 is 0. The van der Waals surface area contributed by atoms with Crippen LogP contribution in [0.25, 0.3) is 0 Å². The van der Waals surface area contributed by atoms with Crippen LogP contribution in [0.15, 0.2) is 36.5 Å². The third-order valence-corrected chi connectivity index (χ3v) is 3.28. The third-order valence-electron chi connectivity index (χ3n) is 3.28. The fourth-order valence-corrected chi connectivity index (χ4v) is 2.39. The number of carbonyl (C=O) groups excluding carboxylic acids is 1. The van der Waals surface area contributed by atoms with E-state index in [9.17, 15) is 4.79 Å². The Hall–Kier alpha value is -1.96. The lowest BCUT2D eigenvalue weighted by atomic mass is 9.99. The van der Waals surface area contributed by atoms with E-state index in [1.54, 1.807) is 6.20 Å². The molecule has 2 nitrogen and oxygen atoms in total. The molecule has 0 spiro atoms. The quantitative estimate of drug-likeness (QED) is 0.687. The molecular formula is C15H13NO. The van der Waals surface area contributed by atoms with Gasteiger partial charge in [-0.1, -0.05) is 29.8 Å². The zero-order valence-electron chi connectivity index (χ0n) is 9.73. The summed E-state index contributed by atoms with van der Waals surface area (Å²) in [6.07, 6.45) is 3.50. The third kappa shape index (κ3) is 1.66. The molecule has 17 heavy (non-hydrogen) atoms. The Balaban J connectivity index is 2.20. The summed E-state index contributed by atoms with van der Waals surface area (Å²) in [4.78, 5) is 16.6. The summed E-state index contributed by atoms with van der Waals surface area (Å²) in [5.74, 6) is 0.0631. The van der Waals surface area contributed by atoms with Gasteiger partial charge in [0, 0.05) is 11.8 Å². The predicted molar refractivity (Wildman–Crippen MR) is 66.3 cm³/mol. The van der Waals surface area contributed by atoms with E-state index in [2.05, 4.69) is 18.0 Å². The second-order valence-corrected chi connectivity index (χ2v) is 4.50. The minimum atomic E-state index is 0.0631. The lowest BCUT2D eigenvalue weighted by molar-refractivity contribution is 0.103. The Morgan fingerprint density at radius 1 is 1.12 bits per heavy atom. The minimum Gasteiger partial charge on any atom is -0.287 e. The molecular weight excluding hydrogens is 210 g/mol. The molecule has 2 aromatic rings. The van der Waals surface area contributed by atoms with Gasteiger partial charge in [-0.3, -0.25) is 9.78 Å². The van der Waals surface area contributed by atoms with Crippen LogP contribution in [-0.4, -0.2) is 10.8 Å². The Kier molecular flexibility index (Phi) is 2.29. The van der Waals surface area contributed by atoms with Gasteiger partial charge in [-0.05, 0) is 37.0 Å². The van der Waals surface area contributed by atoms with Crippen LogP contribution < -0.4 is 0 Å². The molecule has 84 valence electrons. The van der Waals surface area contributed by atoms with Gasteiger partial charge in [0.05, 0.1) is 0 Å². The fourth-order valence-electron chi connectivity index (χ4n) is 2.39. The second kappa shape index (κ2) is 3.81. The zero-order chi connectivity index (χ0) is 11.8. The smallest absolute Gasteiger partial charge is 0.211 e. The highest BCUT2D eigenvalue weighted by molar-refractivity contribution is 6.10. The topological polar surface area (TPSA) is 30.0 Å². The minimum absolute atomic E-state index is 0.0631. The average molecular weight is 223 g/mol. The van der Waals surface area contributed by atoms with Gasteiger partial charge in [-0.2, -0.15) is 0 Å². The molecule has 0 atom stereocenters. The van der Waals surface area contributed by atoms with Gasteiger partial charge in [-0.25, -0.2) is 0 Å². The van der Waals surface area contributed by atoms with Crippen LogP contribution in [0.5, 0.6) is 0 Å². The molecule has 0 saturated heterocycles. The second-order valence-electron chi connectivity index (χ2n) is 4.50. The summed E-state index contributed by atoms with van der Waals surface area (Å²) in [5, 5.41) is 0. The maximum Gasteiger partial charge on any atom is 0.211 e. The Morgan fingerprint density at radius 2 is 1.94 bits per heavy atom. The van der Waals surface area contributed by atoms with E-state index in [1.165, 1.54) is 5.56 Å². The molecule has 1 aliphatic carbocycles. The van der Waals surface area contributed by atoms with E-state index in [-0.39, 0.29) is 5.78 Å². The van der Waals surface area contributed by atoms with Crippen LogP contribution in [0.4, 0.5) is 0 Å². The van der Waals surface area contributed by atoms with Crippen molar-refractivity contribution in [1.29, 1.82) is 0 Å². The Labute approximate surface area is 100 Å². The van der Waals surface area contributed by atoms with Gasteiger partial charge in [0.15, 0.2) is 0 Å². The number of nitrogens with zero attached hydrogens (tertiary/aromatic N) is 1. The van der Waals surface area contributed by atoms with E-state index < -0.39 is 0 Å². The van der Waals surface area contributed by atoms with E-state index in [0.717, 1.165) is 29.5 Å². The number of pyridine rings is 1. The fraction of sp³-hybridized carbons (Fsp3) is 0.200. The first-order valence-electron chi connectivity index (χ1n) is 5.84. The summed E-state index contributed by atoms with van der Waals surface area (Å²) in [7, 11) is 0. The van der Waals surface area contributed by atoms with Crippen molar-refractivity contribution >= 4 is 5.78 Å². The Morgan fingerprint density at radius 3 is 2.82 bits per heavy atom. The first-order chi connectivity index (χ1) is 8.25. The van der Waals surface area contributed by atoms with Crippen molar-refractivity contribution in [3.8, 4) is 0 Å². The highest BCUT2D eigenvalue weighted by Gasteiger charge is 2.21. The molecule has 0 bridgehead atoms. The van der Waals surface area contributed by atoms with E-state index in [4.69, 9.17) is 0 Å². The number of aryl methyl sites for hydroxylation is 3.